The van der Waals surface area contributed by atoms with Crippen LogP contribution >= 0.6 is 11.8 Å². The van der Waals surface area contributed by atoms with E-state index >= 15 is 0 Å². The molecule has 1 N–H and O–H groups in total. The van der Waals surface area contributed by atoms with Crippen molar-refractivity contribution in [2.24, 2.45) is 0 Å². The lowest BCUT2D eigenvalue weighted by Gasteiger charge is -2.28. The van der Waals surface area contributed by atoms with Gasteiger partial charge < -0.3 is 19.5 Å². The number of aromatic nitrogens is 2. The maximum Gasteiger partial charge on any atom is 0.275 e. The van der Waals surface area contributed by atoms with Crippen molar-refractivity contribution < 1.29 is 9.53 Å². The van der Waals surface area contributed by atoms with E-state index in [0.29, 0.717) is 5.69 Å². The number of morpholine rings is 1. The van der Waals surface area contributed by atoms with Crippen LogP contribution in [0.3, 0.4) is 0 Å². The summed E-state index contributed by atoms with van der Waals surface area (Å²) in [5, 5.41) is 2.93. The molecule has 24 heavy (non-hydrogen) atoms. The van der Waals surface area contributed by atoms with E-state index < -0.39 is 0 Å². The third-order valence-corrected chi connectivity index (χ3v) is 5.23. The monoisotopic (exact) mass is 344 g/mol. The number of fused-ring (bicyclic) bond motifs is 1. The molecule has 3 heterocycles. The molecule has 126 valence electrons. The summed E-state index contributed by atoms with van der Waals surface area (Å²) < 4.78 is 7.45. The number of benzene rings is 1. The van der Waals surface area contributed by atoms with Crippen LogP contribution in [0.1, 0.15) is 16.3 Å². The third-order valence-electron chi connectivity index (χ3n) is 4.30. The van der Waals surface area contributed by atoms with E-state index in [-0.39, 0.29) is 5.91 Å². The molecule has 6 nitrogen and oxygen atoms in total. The summed E-state index contributed by atoms with van der Waals surface area (Å²) >= 11 is 1.85. The van der Waals surface area contributed by atoms with Gasteiger partial charge in [0.05, 0.1) is 19.0 Å². The predicted molar refractivity (Wildman–Crippen MR) is 95.8 cm³/mol. The fourth-order valence-electron chi connectivity index (χ4n) is 2.97. The van der Waals surface area contributed by atoms with E-state index in [4.69, 9.17) is 4.74 Å². The number of thioether (sulfide) groups is 1. The van der Waals surface area contributed by atoms with Gasteiger partial charge in [-0.15, -0.1) is 0 Å². The Bertz CT molecular complexity index is 699. The van der Waals surface area contributed by atoms with Gasteiger partial charge >= 0.3 is 0 Å². The average Bonchev–Trinajstić information content (AvgIpc) is 3.07. The molecule has 0 aliphatic carbocycles. The van der Waals surface area contributed by atoms with Crippen LogP contribution in [-0.2, 0) is 17.0 Å². The van der Waals surface area contributed by atoms with Crippen LogP contribution in [0.25, 0.3) is 0 Å². The van der Waals surface area contributed by atoms with Gasteiger partial charge in [0.2, 0.25) is 0 Å². The highest BCUT2D eigenvalue weighted by Crippen LogP contribution is 2.21. The molecular formula is C17H20N4O2S. The number of anilines is 2. The number of nitrogens with one attached hydrogen (secondary N) is 1. The number of hydrogen-bond acceptors (Lipinski definition) is 5. The van der Waals surface area contributed by atoms with Gasteiger partial charge in [-0.3, -0.25) is 4.79 Å². The summed E-state index contributed by atoms with van der Waals surface area (Å²) in [6, 6.07) is 7.95. The minimum Gasteiger partial charge on any atom is -0.378 e. The number of nitrogens with zero attached hydrogens (tertiary/aromatic N) is 3. The Balaban J connectivity index is 1.42. The van der Waals surface area contributed by atoms with Gasteiger partial charge in [0.25, 0.3) is 5.91 Å². The van der Waals surface area contributed by atoms with Crippen LogP contribution in [0.15, 0.2) is 30.5 Å². The fraction of sp³-hybridized carbons (Fsp3) is 0.412. The van der Waals surface area contributed by atoms with Crippen LogP contribution in [0.4, 0.5) is 11.4 Å². The molecule has 0 unspecified atom stereocenters. The Morgan fingerprint density at radius 1 is 1.17 bits per heavy atom. The van der Waals surface area contributed by atoms with Crippen LogP contribution in [-0.4, -0.2) is 47.5 Å². The van der Waals surface area contributed by atoms with E-state index in [1.807, 2.05) is 42.2 Å². The van der Waals surface area contributed by atoms with Crippen LogP contribution in [0.2, 0.25) is 0 Å². The molecule has 1 aromatic heterocycles. The largest absolute Gasteiger partial charge is 0.378 e. The minimum absolute atomic E-state index is 0.152. The summed E-state index contributed by atoms with van der Waals surface area (Å²) in [7, 11) is 0. The normalized spacial score (nSPS) is 17.4. The zero-order chi connectivity index (χ0) is 16.4. The average molecular weight is 344 g/mol. The molecule has 1 saturated heterocycles. The highest BCUT2D eigenvalue weighted by molar-refractivity contribution is 7.98. The first-order chi connectivity index (χ1) is 11.8. The number of ether oxygens (including phenoxy) is 1. The Morgan fingerprint density at radius 3 is 2.71 bits per heavy atom. The number of carbonyl (C=O) groups is 1. The van der Waals surface area contributed by atoms with E-state index in [1.54, 1.807) is 0 Å². The second-order valence-corrected chi connectivity index (χ2v) is 6.99. The second-order valence-electron chi connectivity index (χ2n) is 5.89. The Kier molecular flexibility index (Phi) is 4.44. The maximum atomic E-state index is 12.4. The minimum atomic E-state index is -0.152. The summed E-state index contributed by atoms with van der Waals surface area (Å²) in [4.78, 5) is 19.1. The molecule has 1 aromatic carbocycles. The van der Waals surface area contributed by atoms with Gasteiger partial charge in [0, 0.05) is 43.0 Å². The summed E-state index contributed by atoms with van der Waals surface area (Å²) in [5.41, 5.74) is 2.44. The van der Waals surface area contributed by atoms with E-state index in [1.165, 1.54) is 0 Å². The second kappa shape index (κ2) is 6.86. The SMILES string of the molecule is O=C(Nc1ccc(N2CCOCC2)cc1)c1cn2c(n1)CSCC2. The Hall–Kier alpha value is -1.99. The molecule has 0 spiro atoms. The number of carbonyl (C=O) groups excluding carboxylic acids is 1. The molecule has 0 bridgehead atoms. The quantitative estimate of drug-likeness (QED) is 0.925. The van der Waals surface area contributed by atoms with Crippen molar-refractivity contribution in [2.75, 3.05) is 42.3 Å². The van der Waals surface area contributed by atoms with Crippen LogP contribution in [0, 0.1) is 0 Å². The molecule has 1 amide bonds. The fourth-order valence-corrected chi connectivity index (χ4v) is 3.85. The van der Waals surface area contributed by atoms with Crippen molar-refractivity contribution in [3.8, 4) is 0 Å². The van der Waals surface area contributed by atoms with E-state index in [0.717, 1.165) is 61.6 Å². The van der Waals surface area contributed by atoms with Crippen molar-refractivity contribution in [1.82, 2.24) is 9.55 Å². The van der Waals surface area contributed by atoms with Gasteiger partial charge in [-0.05, 0) is 24.3 Å². The first kappa shape index (κ1) is 15.5. The van der Waals surface area contributed by atoms with Gasteiger partial charge in [0.15, 0.2) is 0 Å². The van der Waals surface area contributed by atoms with Crippen molar-refractivity contribution in [2.45, 2.75) is 12.3 Å². The highest BCUT2D eigenvalue weighted by atomic mass is 32.2. The standard InChI is InChI=1S/C17H20N4O2S/c22-17(15-11-21-7-10-24-12-16(21)19-15)18-13-1-3-14(4-2-13)20-5-8-23-9-6-20/h1-4,11H,5-10,12H2,(H,18,22). The van der Waals surface area contributed by atoms with Crippen molar-refractivity contribution >= 4 is 29.0 Å². The molecule has 2 aromatic rings. The van der Waals surface area contributed by atoms with Gasteiger partial charge in [-0.2, -0.15) is 11.8 Å². The Labute approximate surface area is 145 Å². The number of aryl methyl sites for hydroxylation is 1. The Morgan fingerprint density at radius 2 is 1.96 bits per heavy atom. The predicted octanol–water partition coefficient (Wildman–Crippen LogP) is 2.22. The first-order valence-corrected chi connectivity index (χ1v) is 9.33. The van der Waals surface area contributed by atoms with Crippen molar-refractivity contribution in [1.29, 1.82) is 0 Å². The zero-order valence-electron chi connectivity index (χ0n) is 13.4. The number of amides is 1. The molecular weight excluding hydrogens is 324 g/mol. The highest BCUT2D eigenvalue weighted by Gasteiger charge is 2.17. The van der Waals surface area contributed by atoms with Gasteiger partial charge in [-0.1, -0.05) is 0 Å². The lowest BCUT2D eigenvalue weighted by atomic mass is 10.2. The summed E-state index contributed by atoms with van der Waals surface area (Å²) in [5.74, 6) is 2.79. The van der Waals surface area contributed by atoms with Crippen molar-refractivity contribution in [3.05, 3.63) is 42.0 Å². The van der Waals surface area contributed by atoms with Gasteiger partial charge in [0.1, 0.15) is 11.5 Å². The lowest BCUT2D eigenvalue weighted by Crippen LogP contribution is -2.36. The molecule has 0 radical (unpaired) electrons. The topological polar surface area (TPSA) is 59.4 Å². The maximum absolute atomic E-state index is 12.4. The molecule has 0 saturated carbocycles. The van der Waals surface area contributed by atoms with Crippen LogP contribution in [0.5, 0.6) is 0 Å². The molecule has 4 rings (SSSR count). The lowest BCUT2D eigenvalue weighted by molar-refractivity contribution is 0.102. The number of hydrogen-bond donors (Lipinski definition) is 1. The summed E-state index contributed by atoms with van der Waals surface area (Å²) in [6.45, 7) is 4.27. The zero-order valence-corrected chi connectivity index (χ0v) is 14.2. The first-order valence-electron chi connectivity index (χ1n) is 8.17. The van der Waals surface area contributed by atoms with E-state index in [2.05, 4.69) is 19.8 Å². The van der Waals surface area contributed by atoms with E-state index in [9.17, 15) is 4.79 Å². The third kappa shape index (κ3) is 3.27. The molecule has 0 atom stereocenters. The molecule has 2 aliphatic rings. The summed E-state index contributed by atoms with van der Waals surface area (Å²) in [6.07, 6.45) is 1.85. The number of imidazole rings is 1. The van der Waals surface area contributed by atoms with Gasteiger partial charge in [-0.25, -0.2) is 4.98 Å². The van der Waals surface area contributed by atoms with Crippen LogP contribution < -0.4 is 10.2 Å². The molecule has 7 heteroatoms. The number of rotatable bonds is 3. The molecule has 2 aliphatic heterocycles. The smallest absolute Gasteiger partial charge is 0.275 e. The van der Waals surface area contributed by atoms with Crippen molar-refractivity contribution in [3.63, 3.8) is 0 Å². The molecule has 1 fully saturated rings.